The molecule has 1 N–H and O–H groups in total. The number of nitrogens with zero attached hydrogens (tertiary/aromatic N) is 1. The second-order valence-corrected chi connectivity index (χ2v) is 8.13. The third-order valence-corrected chi connectivity index (χ3v) is 5.56. The number of halogens is 1. The lowest BCUT2D eigenvalue weighted by Gasteiger charge is -2.12. The summed E-state index contributed by atoms with van der Waals surface area (Å²) < 4.78 is 6.31. The van der Waals surface area contributed by atoms with Gasteiger partial charge in [0.25, 0.3) is 5.91 Å². The summed E-state index contributed by atoms with van der Waals surface area (Å²) >= 11 is 3.43. The molecule has 0 spiro atoms. The Morgan fingerprint density at radius 3 is 2.50 bits per heavy atom. The molecule has 0 aliphatic heterocycles. The summed E-state index contributed by atoms with van der Waals surface area (Å²) in [4.78, 5) is 30.0. The maximum Gasteiger partial charge on any atom is 0.339 e. The average molecular weight is 489 g/mol. The van der Waals surface area contributed by atoms with Crippen LogP contribution in [0.3, 0.4) is 0 Å². The second kappa shape index (κ2) is 9.75. The number of benzene rings is 3. The fourth-order valence-corrected chi connectivity index (χ4v) is 3.88. The number of ether oxygens (including phenoxy) is 1. The number of esters is 1. The van der Waals surface area contributed by atoms with Gasteiger partial charge in [-0.25, -0.2) is 9.78 Å². The van der Waals surface area contributed by atoms with Crippen LogP contribution < -0.4 is 5.32 Å². The van der Waals surface area contributed by atoms with Gasteiger partial charge in [0.1, 0.15) is 0 Å². The van der Waals surface area contributed by atoms with Crippen LogP contribution in [0.25, 0.3) is 22.2 Å². The molecule has 0 aliphatic carbocycles. The molecule has 4 rings (SSSR count). The van der Waals surface area contributed by atoms with Crippen LogP contribution in [0, 0.1) is 0 Å². The standard InChI is InChI=1S/C26H21BrN2O3/c1-2-17-14-19(27)12-13-22(17)29-25(30)16-32-26(31)21-15-24(18-8-4-3-5-9-18)28-23-11-7-6-10-20(21)23/h3-15H,2,16H2,1H3,(H,29,30). The van der Waals surface area contributed by atoms with E-state index in [4.69, 9.17) is 4.74 Å². The molecule has 0 saturated carbocycles. The monoisotopic (exact) mass is 488 g/mol. The van der Waals surface area contributed by atoms with Crippen molar-refractivity contribution in [2.75, 3.05) is 11.9 Å². The molecule has 0 aliphatic rings. The molecular formula is C26H21BrN2O3. The van der Waals surface area contributed by atoms with Gasteiger partial charge in [-0.2, -0.15) is 0 Å². The number of carbonyl (C=O) groups is 2. The van der Waals surface area contributed by atoms with E-state index >= 15 is 0 Å². The van der Waals surface area contributed by atoms with E-state index in [1.165, 1.54) is 0 Å². The summed E-state index contributed by atoms with van der Waals surface area (Å²) in [6.45, 7) is 1.63. The highest BCUT2D eigenvalue weighted by atomic mass is 79.9. The van der Waals surface area contributed by atoms with Crippen molar-refractivity contribution in [3.8, 4) is 11.3 Å². The number of aryl methyl sites for hydroxylation is 1. The minimum Gasteiger partial charge on any atom is -0.452 e. The number of rotatable bonds is 6. The lowest BCUT2D eigenvalue weighted by molar-refractivity contribution is -0.119. The highest BCUT2D eigenvalue weighted by Gasteiger charge is 2.17. The van der Waals surface area contributed by atoms with Crippen LogP contribution in [0.1, 0.15) is 22.8 Å². The fourth-order valence-electron chi connectivity index (χ4n) is 3.47. The Labute approximate surface area is 194 Å². The molecule has 0 fully saturated rings. The molecule has 0 radical (unpaired) electrons. The first-order chi connectivity index (χ1) is 15.5. The molecule has 5 nitrogen and oxygen atoms in total. The summed E-state index contributed by atoms with van der Waals surface area (Å²) in [5, 5.41) is 3.50. The molecule has 0 atom stereocenters. The molecule has 6 heteroatoms. The number of aromatic nitrogens is 1. The number of para-hydroxylation sites is 1. The zero-order valence-corrected chi connectivity index (χ0v) is 19.1. The third kappa shape index (κ3) is 4.86. The molecule has 1 aromatic heterocycles. The van der Waals surface area contributed by atoms with Crippen LogP contribution in [0.15, 0.2) is 83.3 Å². The normalized spacial score (nSPS) is 10.7. The minimum atomic E-state index is -0.567. The molecule has 0 unspecified atom stereocenters. The van der Waals surface area contributed by atoms with E-state index in [1.54, 1.807) is 6.07 Å². The van der Waals surface area contributed by atoms with Gasteiger partial charge in [0.15, 0.2) is 6.61 Å². The molecule has 32 heavy (non-hydrogen) atoms. The van der Waals surface area contributed by atoms with Gasteiger partial charge >= 0.3 is 5.97 Å². The topological polar surface area (TPSA) is 68.3 Å². The van der Waals surface area contributed by atoms with E-state index in [2.05, 4.69) is 26.2 Å². The van der Waals surface area contributed by atoms with Crippen LogP contribution in [0.4, 0.5) is 5.69 Å². The van der Waals surface area contributed by atoms with Crippen molar-refractivity contribution in [1.29, 1.82) is 0 Å². The number of carbonyl (C=O) groups excluding carboxylic acids is 2. The number of anilines is 1. The Morgan fingerprint density at radius 1 is 0.969 bits per heavy atom. The van der Waals surface area contributed by atoms with Gasteiger partial charge in [0.2, 0.25) is 0 Å². The highest BCUT2D eigenvalue weighted by molar-refractivity contribution is 9.10. The van der Waals surface area contributed by atoms with Gasteiger partial charge in [-0.05, 0) is 42.3 Å². The number of amides is 1. The minimum absolute atomic E-state index is 0.375. The lowest BCUT2D eigenvalue weighted by Crippen LogP contribution is -2.21. The molecule has 4 aromatic rings. The quantitative estimate of drug-likeness (QED) is 0.336. The van der Waals surface area contributed by atoms with Gasteiger partial charge in [0.05, 0.1) is 16.8 Å². The van der Waals surface area contributed by atoms with E-state index in [0.717, 1.165) is 22.0 Å². The van der Waals surface area contributed by atoms with Crippen LogP contribution in [-0.2, 0) is 16.0 Å². The molecule has 160 valence electrons. The van der Waals surface area contributed by atoms with E-state index in [9.17, 15) is 9.59 Å². The predicted molar refractivity (Wildman–Crippen MR) is 130 cm³/mol. The number of nitrogens with one attached hydrogen (secondary N) is 1. The van der Waals surface area contributed by atoms with Gasteiger partial charge in [-0.3, -0.25) is 4.79 Å². The van der Waals surface area contributed by atoms with E-state index < -0.39 is 11.9 Å². The zero-order valence-electron chi connectivity index (χ0n) is 17.5. The van der Waals surface area contributed by atoms with Crippen molar-refractivity contribution in [2.24, 2.45) is 0 Å². The molecular weight excluding hydrogens is 468 g/mol. The highest BCUT2D eigenvalue weighted by Crippen LogP contribution is 2.25. The Kier molecular flexibility index (Phi) is 6.61. The second-order valence-electron chi connectivity index (χ2n) is 7.22. The molecule has 1 amide bonds. The fraction of sp³-hybridized carbons (Fsp3) is 0.115. The first kappa shape index (κ1) is 21.7. The Hall–Kier alpha value is -3.51. The van der Waals surface area contributed by atoms with Crippen molar-refractivity contribution in [1.82, 2.24) is 4.98 Å². The zero-order chi connectivity index (χ0) is 22.5. The summed E-state index contributed by atoms with van der Waals surface area (Å²) in [6.07, 6.45) is 0.764. The lowest BCUT2D eigenvalue weighted by atomic mass is 10.0. The largest absolute Gasteiger partial charge is 0.452 e. The molecule has 1 heterocycles. The van der Waals surface area contributed by atoms with Crippen molar-refractivity contribution in [3.05, 3.63) is 94.5 Å². The number of pyridine rings is 1. The van der Waals surface area contributed by atoms with Gasteiger partial charge < -0.3 is 10.1 Å². The number of hydrogen-bond donors (Lipinski definition) is 1. The first-order valence-electron chi connectivity index (χ1n) is 10.3. The number of hydrogen-bond acceptors (Lipinski definition) is 4. The van der Waals surface area contributed by atoms with Crippen molar-refractivity contribution < 1.29 is 14.3 Å². The maximum atomic E-state index is 12.9. The van der Waals surface area contributed by atoms with E-state index in [1.807, 2.05) is 79.7 Å². The smallest absolute Gasteiger partial charge is 0.339 e. The van der Waals surface area contributed by atoms with Crippen LogP contribution in [0.5, 0.6) is 0 Å². The van der Waals surface area contributed by atoms with Crippen LogP contribution in [0.2, 0.25) is 0 Å². The van der Waals surface area contributed by atoms with E-state index in [-0.39, 0.29) is 6.61 Å². The Morgan fingerprint density at radius 2 is 1.72 bits per heavy atom. The van der Waals surface area contributed by atoms with Crippen molar-refractivity contribution >= 4 is 44.4 Å². The summed E-state index contributed by atoms with van der Waals surface area (Å²) in [6, 6.07) is 24.4. The Balaban J connectivity index is 1.54. The number of fused-ring (bicyclic) bond motifs is 1. The van der Waals surface area contributed by atoms with Gasteiger partial charge in [0, 0.05) is 21.1 Å². The molecule has 0 saturated heterocycles. The van der Waals surface area contributed by atoms with Crippen LogP contribution in [-0.4, -0.2) is 23.5 Å². The SMILES string of the molecule is CCc1cc(Br)ccc1NC(=O)COC(=O)c1cc(-c2ccccc2)nc2ccccc12. The summed E-state index contributed by atoms with van der Waals surface area (Å²) in [7, 11) is 0. The molecule has 3 aromatic carbocycles. The van der Waals surface area contributed by atoms with Gasteiger partial charge in [-0.15, -0.1) is 0 Å². The summed E-state index contributed by atoms with van der Waals surface area (Å²) in [5.41, 5.74) is 4.33. The van der Waals surface area contributed by atoms with E-state index in [0.29, 0.717) is 27.8 Å². The van der Waals surface area contributed by atoms with Crippen LogP contribution >= 0.6 is 15.9 Å². The first-order valence-corrected chi connectivity index (χ1v) is 11.0. The van der Waals surface area contributed by atoms with Crippen molar-refractivity contribution in [2.45, 2.75) is 13.3 Å². The average Bonchev–Trinajstić information content (AvgIpc) is 2.83. The predicted octanol–water partition coefficient (Wildman–Crippen LogP) is 6.02. The maximum absolute atomic E-state index is 12.9. The van der Waals surface area contributed by atoms with Gasteiger partial charge in [-0.1, -0.05) is 71.4 Å². The Bertz CT molecular complexity index is 1290. The summed E-state index contributed by atoms with van der Waals surface area (Å²) in [5.74, 6) is -0.959. The van der Waals surface area contributed by atoms with Crippen molar-refractivity contribution in [3.63, 3.8) is 0 Å². The molecule has 0 bridgehead atoms. The third-order valence-electron chi connectivity index (χ3n) is 5.06.